The van der Waals surface area contributed by atoms with Crippen LogP contribution < -0.4 is 5.73 Å². The highest BCUT2D eigenvalue weighted by Gasteiger charge is 2.34. The van der Waals surface area contributed by atoms with E-state index < -0.39 is 17.2 Å². The molecule has 1 aliphatic rings. The van der Waals surface area contributed by atoms with Crippen LogP contribution in [0.1, 0.15) is 56.6 Å². The van der Waals surface area contributed by atoms with Crippen LogP contribution in [0.3, 0.4) is 0 Å². The molecule has 0 unspecified atom stereocenters. The molecule has 2 rings (SSSR count). The Bertz CT molecular complexity index is 420. The number of rotatable bonds is 2. The molecule has 17 heavy (non-hydrogen) atoms. The fourth-order valence-electron chi connectivity index (χ4n) is 2.66. The molecule has 2 N–H and O–H groups in total. The summed E-state index contributed by atoms with van der Waals surface area (Å²) in [7, 11) is 0. The van der Waals surface area contributed by atoms with E-state index in [0.29, 0.717) is 11.1 Å². The Hall–Kier alpha value is -0.960. The maximum absolute atomic E-state index is 13.9. The van der Waals surface area contributed by atoms with Crippen LogP contribution in [0.4, 0.5) is 8.78 Å². The van der Waals surface area contributed by atoms with Crippen molar-refractivity contribution in [2.75, 3.05) is 0 Å². The molecule has 0 radical (unpaired) electrons. The molecule has 1 fully saturated rings. The van der Waals surface area contributed by atoms with Crippen molar-refractivity contribution in [1.82, 2.24) is 0 Å². The molecule has 1 nitrogen and oxygen atoms in total. The van der Waals surface area contributed by atoms with Crippen LogP contribution in [0.25, 0.3) is 0 Å². The maximum atomic E-state index is 13.9. The summed E-state index contributed by atoms with van der Waals surface area (Å²) in [6.07, 6.45) is 3.61. The van der Waals surface area contributed by atoms with Gasteiger partial charge in [-0.25, -0.2) is 8.78 Å². The molecule has 0 saturated heterocycles. The third-order valence-electron chi connectivity index (χ3n) is 3.74. The van der Waals surface area contributed by atoms with E-state index in [1.54, 1.807) is 6.07 Å². The molecule has 0 spiro atoms. The summed E-state index contributed by atoms with van der Waals surface area (Å²) >= 11 is 0. The Kier molecular flexibility index (Phi) is 3.21. The summed E-state index contributed by atoms with van der Waals surface area (Å²) < 4.78 is 27.5. The van der Waals surface area contributed by atoms with E-state index in [2.05, 4.69) is 0 Å². The smallest absolute Gasteiger partial charge is 0.131 e. The zero-order chi connectivity index (χ0) is 12.6. The van der Waals surface area contributed by atoms with E-state index in [1.165, 1.54) is 0 Å². The molecule has 1 aliphatic carbocycles. The molecular formula is C14H19F2N. The first-order valence-electron chi connectivity index (χ1n) is 6.22. The Morgan fingerprint density at radius 3 is 2.24 bits per heavy atom. The molecule has 94 valence electrons. The summed E-state index contributed by atoms with van der Waals surface area (Å²) in [6, 6.07) is 2.61. The molecular weight excluding hydrogens is 220 g/mol. The van der Waals surface area contributed by atoms with Crippen LogP contribution in [0, 0.1) is 11.6 Å². The Labute approximate surface area is 101 Å². The molecule has 0 atom stereocenters. The highest BCUT2D eigenvalue weighted by atomic mass is 19.1. The van der Waals surface area contributed by atoms with Gasteiger partial charge in [0.05, 0.1) is 0 Å². The van der Waals surface area contributed by atoms with Crippen molar-refractivity contribution >= 4 is 0 Å². The van der Waals surface area contributed by atoms with Crippen molar-refractivity contribution in [3.05, 3.63) is 34.9 Å². The summed E-state index contributed by atoms with van der Waals surface area (Å²) in [5.74, 6) is -0.932. The second kappa shape index (κ2) is 4.37. The van der Waals surface area contributed by atoms with Crippen molar-refractivity contribution in [1.29, 1.82) is 0 Å². The van der Waals surface area contributed by atoms with Gasteiger partial charge in [-0.15, -0.1) is 0 Å². The van der Waals surface area contributed by atoms with Gasteiger partial charge in [0, 0.05) is 17.2 Å². The van der Waals surface area contributed by atoms with Gasteiger partial charge >= 0.3 is 0 Å². The number of halogens is 2. The van der Waals surface area contributed by atoms with Crippen molar-refractivity contribution in [3.63, 3.8) is 0 Å². The largest absolute Gasteiger partial charge is 0.321 e. The van der Waals surface area contributed by atoms with Crippen LogP contribution >= 0.6 is 0 Å². The normalized spacial score (nSPS) is 18.9. The first kappa shape index (κ1) is 12.5. The van der Waals surface area contributed by atoms with Crippen LogP contribution in [0.15, 0.2) is 12.1 Å². The number of nitrogens with two attached hydrogens (primary N) is 1. The molecule has 0 aromatic heterocycles. The van der Waals surface area contributed by atoms with Gasteiger partial charge in [0.2, 0.25) is 0 Å². The average Bonchev–Trinajstić information content (AvgIpc) is 2.65. The van der Waals surface area contributed by atoms with Gasteiger partial charge in [-0.2, -0.15) is 0 Å². The van der Waals surface area contributed by atoms with Crippen molar-refractivity contribution in [2.24, 2.45) is 5.73 Å². The molecule has 1 saturated carbocycles. The zero-order valence-corrected chi connectivity index (χ0v) is 10.4. The van der Waals surface area contributed by atoms with E-state index in [-0.39, 0.29) is 5.92 Å². The van der Waals surface area contributed by atoms with E-state index in [4.69, 9.17) is 5.73 Å². The number of hydrogen-bond acceptors (Lipinski definition) is 1. The summed E-state index contributed by atoms with van der Waals surface area (Å²) in [6.45, 7) is 3.80. The van der Waals surface area contributed by atoms with E-state index in [9.17, 15) is 8.78 Å². The summed E-state index contributed by atoms with van der Waals surface area (Å²) in [5, 5.41) is 0. The highest BCUT2D eigenvalue weighted by molar-refractivity contribution is 5.34. The predicted molar refractivity (Wildman–Crippen MR) is 64.8 cm³/mol. The first-order chi connectivity index (χ1) is 7.94. The van der Waals surface area contributed by atoms with Gasteiger partial charge in [0.15, 0.2) is 0 Å². The van der Waals surface area contributed by atoms with Crippen LogP contribution in [-0.2, 0) is 5.54 Å². The minimum atomic E-state index is -0.596. The lowest BCUT2D eigenvalue weighted by Crippen LogP contribution is -2.34. The van der Waals surface area contributed by atoms with Crippen molar-refractivity contribution in [2.45, 2.75) is 51.0 Å². The van der Waals surface area contributed by atoms with Crippen LogP contribution in [0.2, 0.25) is 0 Å². The monoisotopic (exact) mass is 239 g/mol. The number of hydrogen-bond donors (Lipinski definition) is 1. The molecule has 1 aromatic carbocycles. The highest BCUT2D eigenvalue weighted by Crippen LogP contribution is 2.39. The third-order valence-corrected chi connectivity index (χ3v) is 3.74. The van der Waals surface area contributed by atoms with Gasteiger partial charge in [-0.1, -0.05) is 26.7 Å². The lowest BCUT2D eigenvalue weighted by molar-refractivity contribution is 0.428. The fourth-order valence-corrected chi connectivity index (χ4v) is 2.66. The van der Waals surface area contributed by atoms with Gasteiger partial charge in [-0.05, 0) is 30.4 Å². The van der Waals surface area contributed by atoms with Gasteiger partial charge in [0.25, 0.3) is 0 Å². The van der Waals surface area contributed by atoms with Crippen molar-refractivity contribution in [3.8, 4) is 0 Å². The van der Waals surface area contributed by atoms with E-state index >= 15 is 0 Å². The van der Waals surface area contributed by atoms with Gasteiger partial charge < -0.3 is 5.73 Å². The van der Waals surface area contributed by atoms with Crippen LogP contribution in [0.5, 0.6) is 0 Å². The average molecular weight is 239 g/mol. The second-order valence-electron chi connectivity index (χ2n) is 5.37. The Morgan fingerprint density at radius 1 is 1.12 bits per heavy atom. The van der Waals surface area contributed by atoms with E-state index in [0.717, 1.165) is 31.7 Å². The van der Waals surface area contributed by atoms with E-state index in [1.807, 2.05) is 13.8 Å². The van der Waals surface area contributed by atoms with Crippen molar-refractivity contribution < 1.29 is 8.78 Å². The fraction of sp³-hybridized carbons (Fsp3) is 0.571. The SMILES string of the molecule is CC(C)c1cc(C2(N)CCCC2)c(F)cc1F. The summed E-state index contributed by atoms with van der Waals surface area (Å²) in [5.41, 5.74) is 6.68. The maximum Gasteiger partial charge on any atom is 0.131 e. The number of benzene rings is 1. The quantitative estimate of drug-likeness (QED) is 0.834. The van der Waals surface area contributed by atoms with Gasteiger partial charge in [-0.3, -0.25) is 0 Å². The van der Waals surface area contributed by atoms with Crippen LogP contribution in [-0.4, -0.2) is 0 Å². The minimum absolute atomic E-state index is 0.0411. The lowest BCUT2D eigenvalue weighted by atomic mass is 9.86. The molecule has 1 aromatic rings. The first-order valence-corrected chi connectivity index (χ1v) is 6.22. The third kappa shape index (κ3) is 2.21. The molecule has 0 bridgehead atoms. The predicted octanol–water partition coefficient (Wildman–Crippen LogP) is 3.82. The lowest BCUT2D eigenvalue weighted by Gasteiger charge is -2.26. The molecule has 3 heteroatoms. The summed E-state index contributed by atoms with van der Waals surface area (Å²) in [4.78, 5) is 0. The second-order valence-corrected chi connectivity index (χ2v) is 5.37. The standard InChI is InChI=1S/C14H19F2N/c1-9(2)10-7-11(13(16)8-12(10)15)14(17)5-3-4-6-14/h7-9H,3-6,17H2,1-2H3. The molecule has 0 amide bonds. The van der Waals surface area contributed by atoms with Gasteiger partial charge in [0.1, 0.15) is 11.6 Å². The Balaban J connectivity index is 2.50. The minimum Gasteiger partial charge on any atom is -0.321 e. The topological polar surface area (TPSA) is 26.0 Å². The molecule has 0 heterocycles. The zero-order valence-electron chi connectivity index (χ0n) is 10.4. The Morgan fingerprint density at radius 2 is 1.71 bits per heavy atom. The molecule has 0 aliphatic heterocycles.